The van der Waals surface area contributed by atoms with Crippen LogP contribution in [0.1, 0.15) is 31.9 Å². The van der Waals surface area contributed by atoms with Gasteiger partial charge in [-0.1, -0.05) is 178 Å². The number of benzene rings is 11. The van der Waals surface area contributed by atoms with Crippen molar-refractivity contribution in [1.82, 2.24) is 18.3 Å². The van der Waals surface area contributed by atoms with Crippen molar-refractivity contribution >= 4 is 115 Å². The van der Waals surface area contributed by atoms with Gasteiger partial charge in [-0.05, 0) is 88.8 Å². The van der Waals surface area contributed by atoms with Crippen LogP contribution in [0.25, 0.3) is 148 Å². The summed E-state index contributed by atoms with van der Waals surface area (Å²) in [5.74, 6) is 0. The molecule has 0 spiro atoms. The van der Waals surface area contributed by atoms with Gasteiger partial charge in [0.25, 0.3) is 0 Å². The molecule has 0 bridgehead atoms. The van der Waals surface area contributed by atoms with E-state index in [1.807, 2.05) is 24.3 Å². The summed E-state index contributed by atoms with van der Waals surface area (Å²) in [6, 6.07) is 81.8. The number of hydrogen-bond acceptors (Lipinski definition) is 2. The van der Waals surface area contributed by atoms with Gasteiger partial charge in [-0.3, -0.25) is 0 Å². The average Bonchev–Trinajstić information content (AvgIpc) is 3.30. The molecule has 0 aliphatic carbocycles. The van der Waals surface area contributed by atoms with Gasteiger partial charge in [-0.2, -0.15) is 5.26 Å². The molecule has 0 unspecified atom stereocenters. The lowest BCUT2D eigenvalue weighted by Gasteiger charge is -2.27. The van der Waals surface area contributed by atoms with Crippen LogP contribution in [0.4, 0.5) is 5.69 Å². The topological polar surface area (TPSA) is 61.0 Å². The molecule has 16 aromatic rings. The van der Waals surface area contributed by atoms with Gasteiger partial charge in [0.05, 0.1) is 84.4 Å². The molecular weight excluding hydrogens is 965 g/mol. The van der Waals surface area contributed by atoms with Gasteiger partial charge in [0.1, 0.15) is 17.2 Å². The standard InChI is InChI=1S/C72H46N6O/c1-72(2,3)55-29-13-5-21-44(55)43-37-39-62-53(41-43)51-38-40-64-65(52-28-12-20-36-63(52)79-64)67(51)78(62)71-69(76-58-32-16-8-24-47(58)48-25-9-17-33-59(48)76)54(42-73)68(75-56-30-14-6-22-45(56)46-23-7-15-31-57(46)75)66(74-4)70(71)77-60-34-18-10-26-49(60)50-27-11-19-35-61(50)77/h5-41H,1-3H3. The van der Waals surface area contributed by atoms with E-state index in [1.54, 1.807) is 0 Å². The van der Waals surface area contributed by atoms with Gasteiger partial charge >= 0.3 is 0 Å². The highest BCUT2D eigenvalue weighted by Crippen LogP contribution is 2.53. The average molecular weight is 1010 g/mol. The monoisotopic (exact) mass is 1010 g/mol. The maximum Gasteiger partial charge on any atom is 0.237 e. The number of hydrogen-bond donors (Lipinski definition) is 0. The second-order valence-electron chi connectivity index (χ2n) is 21.7. The molecule has 370 valence electrons. The Morgan fingerprint density at radius 3 is 1.35 bits per heavy atom. The zero-order valence-corrected chi connectivity index (χ0v) is 43.5. The molecule has 16 rings (SSSR count). The second-order valence-corrected chi connectivity index (χ2v) is 21.7. The van der Waals surface area contributed by atoms with Crippen molar-refractivity contribution in [2.24, 2.45) is 0 Å². The third kappa shape index (κ3) is 6.10. The number of para-hydroxylation sites is 7. The third-order valence-electron chi connectivity index (χ3n) is 16.5. The fraction of sp³-hybridized carbons (Fsp3) is 0.0556. The summed E-state index contributed by atoms with van der Waals surface area (Å²) in [7, 11) is 0. The van der Waals surface area contributed by atoms with Crippen molar-refractivity contribution < 1.29 is 4.42 Å². The van der Waals surface area contributed by atoms with Gasteiger partial charge in [-0.15, -0.1) is 0 Å². The summed E-state index contributed by atoms with van der Waals surface area (Å²) in [4.78, 5) is 4.80. The van der Waals surface area contributed by atoms with Crippen LogP contribution in [0.5, 0.6) is 0 Å². The fourth-order valence-electron chi connectivity index (χ4n) is 13.4. The Bertz CT molecular complexity index is 5090. The van der Waals surface area contributed by atoms with Crippen LogP contribution in [0.15, 0.2) is 229 Å². The van der Waals surface area contributed by atoms with Crippen LogP contribution in [0, 0.1) is 17.9 Å². The number of nitrogens with zero attached hydrogens (tertiary/aromatic N) is 6. The molecule has 11 aromatic carbocycles. The predicted octanol–water partition coefficient (Wildman–Crippen LogP) is 19.4. The van der Waals surface area contributed by atoms with E-state index in [0.717, 1.165) is 115 Å². The predicted molar refractivity (Wildman–Crippen MR) is 326 cm³/mol. The van der Waals surface area contributed by atoms with Crippen LogP contribution >= 0.6 is 0 Å². The molecule has 0 saturated carbocycles. The Morgan fingerprint density at radius 1 is 0.405 bits per heavy atom. The molecule has 79 heavy (non-hydrogen) atoms. The minimum atomic E-state index is -0.127. The van der Waals surface area contributed by atoms with E-state index in [-0.39, 0.29) is 5.41 Å². The molecular formula is C72H46N6O. The largest absolute Gasteiger partial charge is 0.456 e. The molecule has 0 N–H and O–H groups in total. The van der Waals surface area contributed by atoms with Crippen LogP contribution in [0.2, 0.25) is 0 Å². The minimum absolute atomic E-state index is 0.127. The maximum atomic E-state index is 12.6. The van der Waals surface area contributed by atoms with Crippen molar-refractivity contribution in [3.05, 3.63) is 247 Å². The van der Waals surface area contributed by atoms with Crippen LogP contribution in [-0.4, -0.2) is 18.3 Å². The fourth-order valence-corrected chi connectivity index (χ4v) is 13.4. The summed E-state index contributed by atoms with van der Waals surface area (Å²) in [6.45, 7) is 16.7. The Kier molecular flexibility index (Phi) is 9.30. The van der Waals surface area contributed by atoms with Crippen LogP contribution in [0.3, 0.4) is 0 Å². The second kappa shape index (κ2) is 16.5. The quantitative estimate of drug-likeness (QED) is 0.161. The number of furan rings is 1. The zero-order valence-electron chi connectivity index (χ0n) is 43.5. The molecule has 7 nitrogen and oxygen atoms in total. The first-order chi connectivity index (χ1) is 38.8. The van der Waals surface area contributed by atoms with Crippen molar-refractivity contribution in [3.8, 4) is 39.9 Å². The number of fused-ring (bicyclic) bond motifs is 16. The minimum Gasteiger partial charge on any atom is -0.456 e. The van der Waals surface area contributed by atoms with E-state index in [0.29, 0.717) is 34.0 Å². The van der Waals surface area contributed by atoms with Crippen molar-refractivity contribution in [2.75, 3.05) is 0 Å². The third-order valence-corrected chi connectivity index (χ3v) is 16.5. The smallest absolute Gasteiger partial charge is 0.237 e. The van der Waals surface area contributed by atoms with E-state index < -0.39 is 0 Å². The Morgan fingerprint density at radius 2 is 0.848 bits per heavy atom. The Hall–Kier alpha value is -10.6. The first kappa shape index (κ1) is 44.7. The van der Waals surface area contributed by atoms with Gasteiger partial charge in [0.15, 0.2) is 0 Å². The highest BCUT2D eigenvalue weighted by molar-refractivity contribution is 6.26. The van der Waals surface area contributed by atoms with E-state index in [9.17, 15) is 11.8 Å². The molecule has 0 aliphatic rings. The number of rotatable bonds is 5. The zero-order chi connectivity index (χ0) is 52.8. The lowest BCUT2D eigenvalue weighted by molar-refractivity contribution is 0.592. The maximum absolute atomic E-state index is 12.6. The number of nitriles is 1. The van der Waals surface area contributed by atoms with Gasteiger partial charge in [-0.25, -0.2) is 4.85 Å². The van der Waals surface area contributed by atoms with E-state index in [1.165, 1.54) is 11.1 Å². The first-order valence-corrected chi connectivity index (χ1v) is 26.8. The van der Waals surface area contributed by atoms with Gasteiger partial charge in [0, 0.05) is 48.5 Å². The summed E-state index contributed by atoms with van der Waals surface area (Å²) in [5, 5.41) is 22.8. The first-order valence-electron chi connectivity index (χ1n) is 26.8. The lowest BCUT2D eigenvalue weighted by atomic mass is 9.82. The highest BCUT2D eigenvalue weighted by atomic mass is 16.3. The van der Waals surface area contributed by atoms with Crippen molar-refractivity contribution in [3.63, 3.8) is 0 Å². The van der Waals surface area contributed by atoms with E-state index >= 15 is 0 Å². The molecule has 0 amide bonds. The normalized spacial score (nSPS) is 12.2. The number of aromatic nitrogens is 4. The summed E-state index contributed by atoms with van der Waals surface area (Å²) >= 11 is 0. The molecule has 0 saturated heterocycles. The Balaban J connectivity index is 1.23. The molecule has 0 radical (unpaired) electrons. The lowest BCUT2D eigenvalue weighted by Crippen LogP contribution is -2.14. The molecule has 5 heterocycles. The van der Waals surface area contributed by atoms with Crippen LogP contribution < -0.4 is 0 Å². The van der Waals surface area contributed by atoms with Crippen LogP contribution in [-0.2, 0) is 5.41 Å². The van der Waals surface area contributed by atoms with E-state index in [2.05, 4.69) is 245 Å². The van der Waals surface area contributed by atoms with Crippen molar-refractivity contribution in [2.45, 2.75) is 26.2 Å². The Labute approximate surface area is 453 Å². The molecule has 0 fully saturated rings. The van der Waals surface area contributed by atoms with Gasteiger partial charge in [0.2, 0.25) is 5.69 Å². The van der Waals surface area contributed by atoms with E-state index in [4.69, 9.17) is 9.26 Å². The summed E-state index contributed by atoms with van der Waals surface area (Å²) in [6.07, 6.45) is 0. The molecule has 0 aliphatic heterocycles. The summed E-state index contributed by atoms with van der Waals surface area (Å²) in [5.41, 5.74) is 15.4. The molecule has 0 atom stereocenters. The summed E-state index contributed by atoms with van der Waals surface area (Å²) < 4.78 is 16.0. The van der Waals surface area contributed by atoms with Crippen molar-refractivity contribution in [1.29, 1.82) is 5.26 Å². The molecule has 7 heteroatoms. The SMILES string of the molecule is [C-]#[N+]c1c(-n2c3ccccc3c3ccccc32)c(C#N)c(-n2c3ccccc3c3ccccc32)c(-n2c3ccc(-c4ccccc4C(C)(C)C)cc3c3ccc4oc5ccccc5c4c32)c1-n1c2ccccc2c2ccccc21. The van der Waals surface area contributed by atoms with Gasteiger partial charge < -0.3 is 22.7 Å². The molecule has 5 aromatic heterocycles. The highest BCUT2D eigenvalue weighted by Gasteiger charge is 2.35.